The number of rotatable bonds is 4. The molecule has 0 aliphatic rings. The molecule has 44 heavy (non-hydrogen) atoms. The summed E-state index contributed by atoms with van der Waals surface area (Å²) in [4.78, 5) is 9.03. The maximum atomic E-state index is 9.65. The van der Waals surface area contributed by atoms with Crippen molar-refractivity contribution in [3.8, 4) is 39.5 Å². The van der Waals surface area contributed by atoms with Gasteiger partial charge in [-0.2, -0.15) is 0 Å². The van der Waals surface area contributed by atoms with Gasteiger partial charge in [0, 0.05) is 33.0 Å². The highest BCUT2D eigenvalue weighted by molar-refractivity contribution is 6.09. The van der Waals surface area contributed by atoms with Crippen molar-refractivity contribution in [2.45, 2.75) is 0 Å². The molecule has 0 unspecified atom stereocenters. The van der Waals surface area contributed by atoms with Gasteiger partial charge in [0.1, 0.15) is 16.8 Å². The van der Waals surface area contributed by atoms with E-state index in [1.54, 1.807) is 24.3 Å². The first-order valence-corrected chi connectivity index (χ1v) is 13.1. The second kappa shape index (κ2) is 9.79. The van der Waals surface area contributed by atoms with E-state index in [0.717, 1.165) is 4.57 Å². The van der Waals surface area contributed by atoms with E-state index in [4.69, 9.17) is 30.5 Å². The van der Waals surface area contributed by atoms with Crippen LogP contribution in [-0.4, -0.2) is 14.5 Å². The van der Waals surface area contributed by atoms with Crippen molar-refractivity contribution in [1.29, 1.82) is 0 Å². The molecular formula is C40H25N3O. The molecule has 0 fully saturated rings. The third kappa shape index (κ3) is 3.85. The first-order chi connectivity index (χ1) is 30.6. The molecule has 0 atom stereocenters. The number of para-hydroxylation sites is 3. The van der Waals surface area contributed by atoms with E-state index in [9.17, 15) is 2.74 Å². The first kappa shape index (κ1) is 11.6. The molecule has 206 valence electrons. The lowest BCUT2D eigenvalue weighted by Crippen LogP contribution is -1.95. The summed E-state index contributed by atoms with van der Waals surface area (Å²) in [6.07, 6.45) is 0. The largest absolute Gasteiger partial charge is 0.452 e. The zero-order valence-electron chi connectivity index (χ0n) is 43.1. The van der Waals surface area contributed by atoms with Crippen LogP contribution < -0.4 is 0 Å². The molecule has 0 saturated carbocycles. The molecule has 3 aromatic heterocycles. The van der Waals surface area contributed by atoms with Crippen LogP contribution in [0.15, 0.2) is 156 Å². The van der Waals surface area contributed by atoms with Crippen LogP contribution in [0.3, 0.4) is 0 Å². The summed E-state index contributed by atoms with van der Waals surface area (Å²) in [5.74, 6) is -0.477. The second-order valence-corrected chi connectivity index (χ2v) is 9.43. The van der Waals surface area contributed by atoms with Crippen LogP contribution in [0, 0.1) is 0 Å². The number of hydrogen-bond acceptors (Lipinski definition) is 3. The van der Waals surface area contributed by atoms with E-state index >= 15 is 0 Å². The summed E-state index contributed by atoms with van der Waals surface area (Å²) < 4.78 is 192. The van der Waals surface area contributed by atoms with Crippen LogP contribution in [0.1, 0.15) is 28.8 Å². The van der Waals surface area contributed by atoms with Gasteiger partial charge in [0.15, 0.2) is 11.4 Å². The zero-order chi connectivity index (χ0) is 47.3. The van der Waals surface area contributed by atoms with Gasteiger partial charge in [-0.1, -0.05) is 109 Å². The predicted molar refractivity (Wildman–Crippen MR) is 180 cm³/mol. The lowest BCUT2D eigenvalue weighted by molar-refractivity contribution is 0.667. The summed E-state index contributed by atoms with van der Waals surface area (Å²) in [7, 11) is 0. The van der Waals surface area contributed by atoms with E-state index in [0.29, 0.717) is 5.39 Å². The van der Waals surface area contributed by atoms with Gasteiger partial charge in [-0.3, -0.25) is 0 Å². The molecule has 0 aliphatic heterocycles. The lowest BCUT2D eigenvalue weighted by atomic mass is 10.0. The van der Waals surface area contributed by atoms with Crippen LogP contribution in [-0.2, 0) is 0 Å². The highest BCUT2D eigenvalue weighted by Gasteiger charge is 2.19. The van der Waals surface area contributed by atoms with Gasteiger partial charge in [0.25, 0.3) is 0 Å². The Morgan fingerprint density at radius 2 is 1.18 bits per heavy atom. The van der Waals surface area contributed by atoms with Crippen molar-refractivity contribution < 1.29 is 33.2 Å². The van der Waals surface area contributed by atoms with E-state index in [-0.39, 0.29) is 16.7 Å². The average Bonchev–Trinajstić information content (AvgIpc) is 3.84. The van der Waals surface area contributed by atoms with E-state index < -0.39 is 188 Å². The molecule has 4 heteroatoms. The highest BCUT2D eigenvalue weighted by Crippen LogP contribution is 2.37. The normalized spacial score (nSPS) is 18.3. The SMILES string of the molecule is [2H]c1c([2H])c([2H])c(-c2nc(-c3c([2H])c([2H])c([2H])c(-c4c([2H])c([2H])c([2H])c(-n5c6c([2H])c([2H])c([2H])c([2H])c6c6c([2H])c([2H])c([2H])c([2H])c65)c4[2H])c3[2H])c3oc4ccccc4c3n2)c([2H])c1[2H]. The molecule has 0 saturated heterocycles. The molecule has 9 rings (SSSR count). The van der Waals surface area contributed by atoms with Crippen molar-refractivity contribution in [2.75, 3.05) is 0 Å². The fraction of sp³-hybridized carbons (Fsp3) is 0. The Bertz CT molecular complexity index is 3590. The highest BCUT2D eigenvalue weighted by atomic mass is 16.3. The topological polar surface area (TPSA) is 43.9 Å². The Balaban J connectivity index is 1.45. The summed E-state index contributed by atoms with van der Waals surface area (Å²) in [5, 5.41) is -0.491. The van der Waals surface area contributed by atoms with Crippen LogP contribution in [0.4, 0.5) is 0 Å². The summed E-state index contributed by atoms with van der Waals surface area (Å²) in [5.41, 5.74) is -4.77. The van der Waals surface area contributed by atoms with Crippen LogP contribution in [0.5, 0.6) is 0 Å². The van der Waals surface area contributed by atoms with Crippen LogP contribution >= 0.6 is 0 Å². The molecule has 0 amide bonds. The smallest absolute Gasteiger partial charge is 0.180 e. The molecule has 0 aliphatic carbocycles. The minimum atomic E-state index is -0.963. The van der Waals surface area contributed by atoms with Crippen LogP contribution in [0.2, 0.25) is 0 Å². The molecule has 6 aromatic carbocycles. The number of benzene rings is 6. The van der Waals surface area contributed by atoms with Crippen molar-refractivity contribution in [1.82, 2.24) is 14.5 Å². The number of furan rings is 1. The van der Waals surface area contributed by atoms with E-state index in [2.05, 4.69) is 9.97 Å². The summed E-state index contributed by atoms with van der Waals surface area (Å²) >= 11 is 0. The van der Waals surface area contributed by atoms with Gasteiger partial charge in [-0.15, -0.1) is 0 Å². The molecule has 9 aromatic rings. The molecule has 0 spiro atoms. The molecule has 3 heterocycles. The Morgan fingerprint density at radius 1 is 0.545 bits per heavy atom. The standard InChI is InChI=1S/C40H25N3O/c1-2-12-26(13-3-1)40-41-37(39-38(42-40)33-20-6-9-23-36(33)44-39)29-16-10-14-27(24-29)28-15-11-17-30(25-28)43-34-21-7-4-18-31(34)32-19-5-8-22-35(32)43/h1-25H/i1D,2D,3D,4D,5D,7D,8D,10D,11D,12D,13D,14D,15D,16D,17D,18D,19D,21D,22D,24D,25D. The van der Waals surface area contributed by atoms with Crippen molar-refractivity contribution >= 4 is 43.9 Å². The summed E-state index contributed by atoms with van der Waals surface area (Å²) in [6, 6.07) is -10.6. The summed E-state index contributed by atoms with van der Waals surface area (Å²) in [6.45, 7) is 0. The fourth-order valence-corrected chi connectivity index (χ4v) is 5.04. The van der Waals surface area contributed by atoms with Gasteiger partial charge in [0.2, 0.25) is 0 Å². The van der Waals surface area contributed by atoms with Crippen LogP contribution in [0.25, 0.3) is 83.3 Å². The maximum absolute atomic E-state index is 9.65. The van der Waals surface area contributed by atoms with Gasteiger partial charge in [-0.25, -0.2) is 9.97 Å². The Labute approximate surface area is 283 Å². The molecule has 0 N–H and O–H groups in total. The fourth-order valence-electron chi connectivity index (χ4n) is 5.04. The quantitative estimate of drug-likeness (QED) is 0.207. The zero-order valence-corrected chi connectivity index (χ0v) is 22.1. The Kier molecular flexibility index (Phi) is 2.58. The molecule has 0 radical (unpaired) electrons. The first-order valence-electron chi connectivity index (χ1n) is 23.6. The molecule has 4 nitrogen and oxygen atoms in total. The number of nitrogens with zero attached hydrogens (tertiary/aromatic N) is 3. The van der Waals surface area contributed by atoms with E-state index in [1.165, 1.54) is 0 Å². The monoisotopic (exact) mass is 584 g/mol. The predicted octanol–water partition coefficient (Wildman–Crippen LogP) is 10.5. The van der Waals surface area contributed by atoms with Gasteiger partial charge in [-0.05, 0) is 53.5 Å². The Morgan fingerprint density at radius 3 is 1.98 bits per heavy atom. The number of aromatic nitrogens is 3. The molecular weight excluding hydrogens is 538 g/mol. The maximum Gasteiger partial charge on any atom is 0.180 e. The Hall–Kier alpha value is -6.00. The van der Waals surface area contributed by atoms with Crippen molar-refractivity contribution in [2.24, 2.45) is 0 Å². The third-order valence-corrected chi connectivity index (χ3v) is 6.92. The van der Waals surface area contributed by atoms with E-state index in [1.807, 2.05) is 0 Å². The van der Waals surface area contributed by atoms with Crippen molar-refractivity contribution in [3.05, 3.63) is 151 Å². The van der Waals surface area contributed by atoms with Gasteiger partial charge in [0.05, 0.1) is 39.8 Å². The second-order valence-electron chi connectivity index (χ2n) is 9.43. The molecule has 0 bridgehead atoms. The number of hydrogen-bond donors (Lipinski definition) is 0. The van der Waals surface area contributed by atoms with Crippen molar-refractivity contribution in [3.63, 3.8) is 0 Å². The lowest BCUT2D eigenvalue weighted by Gasteiger charge is -2.11. The minimum Gasteiger partial charge on any atom is -0.452 e. The van der Waals surface area contributed by atoms with Gasteiger partial charge >= 0.3 is 0 Å². The number of fused-ring (bicyclic) bond motifs is 6. The minimum absolute atomic E-state index is 0.00798. The third-order valence-electron chi connectivity index (χ3n) is 6.92. The van der Waals surface area contributed by atoms with Gasteiger partial charge < -0.3 is 8.98 Å². The average molecular weight is 585 g/mol.